The Morgan fingerprint density at radius 2 is 1.82 bits per heavy atom. The summed E-state index contributed by atoms with van der Waals surface area (Å²) in [5.41, 5.74) is 8.91. The minimum Gasteiger partial charge on any atom is -0.508 e. The van der Waals surface area contributed by atoms with E-state index in [0.29, 0.717) is 22.0 Å². The van der Waals surface area contributed by atoms with Gasteiger partial charge in [-0.15, -0.1) is 0 Å². The van der Waals surface area contributed by atoms with Gasteiger partial charge in [-0.25, -0.2) is 0 Å². The zero-order chi connectivity index (χ0) is 19.8. The number of phenolic OH excluding ortho intramolecular Hbond substituents is 1. The fraction of sp³-hybridized carbons (Fsp3) is 0.0952. The number of rotatable bonds is 3. The summed E-state index contributed by atoms with van der Waals surface area (Å²) >= 11 is 6.34. The normalized spacial score (nSPS) is 16.0. The van der Waals surface area contributed by atoms with E-state index in [-0.39, 0.29) is 18.1 Å². The lowest BCUT2D eigenvalue weighted by Crippen LogP contribution is -2.43. The molecule has 7 heteroatoms. The summed E-state index contributed by atoms with van der Waals surface area (Å²) in [6, 6.07) is 13.7. The number of aromatic nitrogens is 1. The smallest absolute Gasteiger partial charge is 0.230 e. The number of hydrogen-bond donors (Lipinski definition) is 2. The molecule has 0 fully saturated rings. The van der Waals surface area contributed by atoms with Crippen LogP contribution < -0.4 is 10.6 Å². The second-order valence-corrected chi connectivity index (χ2v) is 6.94. The first-order valence-corrected chi connectivity index (χ1v) is 8.97. The Morgan fingerprint density at radius 1 is 1.07 bits per heavy atom. The molecule has 1 aliphatic rings. The standard InChI is InChI=1S/C21H16ClN3O3/c22-17-10-14(26)2-4-18(17)25-11-16(21(23)28)20(27)15-3-1-13(9-19(15)25)12-5-7-24-8-6-12/h1-10,16,26H,11H2,(H2,23,28). The number of primary amides is 1. The van der Waals surface area contributed by atoms with Crippen molar-refractivity contribution in [3.05, 3.63) is 71.5 Å². The Bertz CT molecular complexity index is 1090. The lowest BCUT2D eigenvalue weighted by atomic mass is 9.88. The third-order valence-electron chi connectivity index (χ3n) is 4.81. The Labute approximate surface area is 166 Å². The third-order valence-corrected chi connectivity index (χ3v) is 5.12. The number of amides is 1. The van der Waals surface area contributed by atoms with E-state index in [2.05, 4.69) is 4.98 Å². The second kappa shape index (κ2) is 6.98. The number of aromatic hydroxyl groups is 1. The van der Waals surface area contributed by atoms with Gasteiger partial charge in [0.1, 0.15) is 11.7 Å². The molecule has 0 bridgehead atoms. The molecule has 0 saturated carbocycles. The highest BCUT2D eigenvalue weighted by Gasteiger charge is 2.36. The average molecular weight is 394 g/mol. The van der Waals surface area contributed by atoms with Crippen molar-refractivity contribution in [2.45, 2.75) is 0 Å². The van der Waals surface area contributed by atoms with Crippen LogP contribution in [0.15, 0.2) is 60.9 Å². The van der Waals surface area contributed by atoms with Gasteiger partial charge in [-0.1, -0.05) is 17.7 Å². The summed E-state index contributed by atoms with van der Waals surface area (Å²) < 4.78 is 0. The zero-order valence-corrected chi connectivity index (χ0v) is 15.4. The lowest BCUT2D eigenvalue weighted by molar-refractivity contribution is -0.120. The van der Waals surface area contributed by atoms with E-state index < -0.39 is 11.8 Å². The molecule has 1 amide bonds. The number of nitrogens with zero attached hydrogens (tertiary/aromatic N) is 2. The van der Waals surface area contributed by atoms with Crippen LogP contribution in [0.5, 0.6) is 5.75 Å². The lowest BCUT2D eigenvalue weighted by Gasteiger charge is -2.35. The van der Waals surface area contributed by atoms with Crippen LogP contribution in [-0.2, 0) is 4.79 Å². The molecule has 2 heterocycles. The first kappa shape index (κ1) is 18.0. The summed E-state index contributed by atoms with van der Waals surface area (Å²) in [6.07, 6.45) is 3.38. The largest absolute Gasteiger partial charge is 0.508 e. The molecule has 0 aliphatic carbocycles. The van der Waals surface area contributed by atoms with Gasteiger partial charge in [0, 0.05) is 30.6 Å². The second-order valence-electron chi connectivity index (χ2n) is 6.53. The van der Waals surface area contributed by atoms with Gasteiger partial charge in [0.2, 0.25) is 5.91 Å². The predicted octanol–water partition coefficient (Wildman–Crippen LogP) is 3.54. The molecular weight excluding hydrogens is 378 g/mol. The molecule has 1 aromatic heterocycles. The number of nitrogens with two attached hydrogens (primary N) is 1. The van der Waals surface area contributed by atoms with Crippen LogP contribution in [0.3, 0.4) is 0 Å². The van der Waals surface area contributed by atoms with E-state index in [0.717, 1.165) is 11.1 Å². The Kier molecular flexibility index (Phi) is 4.49. The van der Waals surface area contributed by atoms with E-state index in [9.17, 15) is 14.7 Å². The van der Waals surface area contributed by atoms with Crippen molar-refractivity contribution in [2.24, 2.45) is 11.7 Å². The number of anilines is 2. The number of Topliss-reactive ketones (excluding diaryl/α,β-unsaturated/α-hetero) is 1. The van der Waals surface area contributed by atoms with Crippen LogP contribution in [0.2, 0.25) is 5.02 Å². The number of carbonyl (C=O) groups excluding carboxylic acids is 2. The number of hydrogen-bond acceptors (Lipinski definition) is 5. The number of halogens is 1. The summed E-state index contributed by atoms with van der Waals surface area (Å²) in [6.45, 7) is 0.0749. The Balaban J connectivity index is 1.90. The van der Waals surface area contributed by atoms with E-state index in [1.54, 1.807) is 29.4 Å². The fourth-order valence-electron chi connectivity index (χ4n) is 3.40. The van der Waals surface area contributed by atoms with Gasteiger partial charge in [-0.3, -0.25) is 14.6 Å². The summed E-state index contributed by atoms with van der Waals surface area (Å²) in [5, 5.41) is 9.97. The monoisotopic (exact) mass is 393 g/mol. The van der Waals surface area contributed by atoms with Crippen LogP contribution in [0.4, 0.5) is 11.4 Å². The van der Waals surface area contributed by atoms with Crippen molar-refractivity contribution in [1.82, 2.24) is 4.98 Å². The summed E-state index contributed by atoms with van der Waals surface area (Å²) in [7, 11) is 0. The molecule has 3 aromatic rings. The highest BCUT2D eigenvalue weighted by molar-refractivity contribution is 6.33. The minimum absolute atomic E-state index is 0.0269. The number of phenols is 1. The predicted molar refractivity (Wildman–Crippen MR) is 107 cm³/mol. The van der Waals surface area contributed by atoms with Gasteiger partial charge in [-0.2, -0.15) is 0 Å². The van der Waals surface area contributed by atoms with Crippen LogP contribution in [-0.4, -0.2) is 28.3 Å². The molecule has 1 atom stereocenters. The van der Waals surface area contributed by atoms with Crippen molar-refractivity contribution in [3.63, 3.8) is 0 Å². The summed E-state index contributed by atoms with van der Waals surface area (Å²) in [4.78, 5) is 30.5. The van der Waals surface area contributed by atoms with Crippen molar-refractivity contribution < 1.29 is 14.7 Å². The molecule has 0 spiro atoms. The van der Waals surface area contributed by atoms with E-state index in [4.69, 9.17) is 17.3 Å². The van der Waals surface area contributed by atoms with Gasteiger partial charge in [0.25, 0.3) is 0 Å². The quantitative estimate of drug-likeness (QED) is 0.663. The van der Waals surface area contributed by atoms with E-state index in [1.165, 1.54) is 12.1 Å². The first-order valence-electron chi connectivity index (χ1n) is 8.60. The maximum absolute atomic E-state index is 12.8. The average Bonchev–Trinajstić information content (AvgIpc) is 2.69. The third kappa shape index (κ3) is 3.08. The molecule has 0 saturated heterocycles. The Hall–Kier alpha value is -3.38. The number of pyridine rings is 1. The molecule has 140 valence electrons. The van der Waals surface area contributed by atoms with Crippen molar-refractivity contribution >= 4 is 34.7 Å². The van der Waals surface area contributed by atoms with Gasteiger partial charge in [-0.05, 0) is 47.5 Å². The molecule has 3 N–H and O–H groups in total. The van der Waals surface area contributed by atoms with Crippen LogP contribution in [0.25, 0.3) is 11.1 Å². The highest BCUT2D eigenvalue weighted by Crippen LogP contribution is 2.41. The number of carbonyl (C=O) groups is 2. The minimum atomic E-state index is -0.982. The maximum atomic E-state index is 12.8. The van der Waals surface area contributed by atoms with Crippen LogP contribution in [0, 0.1) is 5.92 Å². The van der Waals surface area contributed by atoms with Crippen LogP contribution >= 0.6 is 11.6 Å². The number of fused-ring (bicyclic) bond motifs is 1. The van der Waals surface area contributed by atoms with E-state index in [1.807, 2.05) is 24.3 Å². The maximum Gasteiger partial charge on any atom is 0.230 e. The fourth-order valence-corrected chi connectivity index (χ4v) is 3.68. The van der Waals surface area contributed by atoms with E-state index >= 15 is 0 Å². The van der Waals surface area contributed by atoms with Gasteiger partial charge in [0.15, 0.2) is 5.78 Å². The molecule has 2 aromatic carbocycles. The first-order chi connectivity index (χ1) is 13.5. The van der Waals surface area contributed by atoms with Crippen molar-refractivity contribution in [3.8, 4) is 16.9 Å². The van der Waals surface area contributed by atoms with Crippen molar-refractivity contribution in [2.75, 3.05) is 11.4 Å². The Morgan fingerprint density at radius 3 is 2.50 bits per heavy atom. The van der Waals surface area contributed by atoms with Gasteiger partial charge >= 0.3 is 0 Å². The molecular formula is C21H16ClN3O3. The zero-order valence-electron chi connectivity index (χ0n) is 14.7. The topological polar surface area (TPSA) is 96.5 Å². The van der Waals surface area contributed by atoms with Gasteiger partial charge in [0.05, 0.1) is 16.4 Å². The molecule has 0 radical (unpaired) electrons. The molecule has 28 heavy (non-hydrogen) atoms. The number of ketones is 1. The molecule has 4 rings (SSSR count). The van der Waals surface area contributed by atoms with Gasteiger partial charge < -0.3 is 15.7 Å². The number of benzene rings is 2. The summed E-state index contributed by atoms with van der Waals surface area (Å²) in [5.74, 6) is -1.95. The van der Waals surface area contributed by atoms with Crippen LogP contribution in [0.1, 0.15) is 10.4 Å². The highest BCUT2D eigenvalue weighted by atomic mass is 35.5. The SMILES string of the molecule is NC(=O)C1CN(c2ccc(O)cc2Cl)c2cc(-c3ccncc3)ccc2C1=O. The molecule has 1 aliphatic heterocycles. The molecule has 6 nitrogen and oxygen atoms in total. The molecule has 1 unspecified atom stereocenters. The van der Waals surface area contributed by atoms with Crippen molar-refractivity contribution in [1.29, 1.82) is 0 Å².